The Balaban J connectivity index is 2.14. The van der Waals surface area contributed by atoms with E-state index in [1.807, 2.05) is 12.1 Å². The summed E-state index contributed by atoms with van der Waals surface area (Å²) in [7, 11) is 1.62. The van der Waals surface area contributed by atoms with Crippen LogP contribution in [0.3, 0.4) is 0 Å². The molecule has 0 radical (unpaired) electrons. The van der Waals surface area contributed by atoms with Gasteiger partial charge in [-0.2, -0.15) is 0 Å². The van der Waals surface area contributed by atoms with Crippen LogP contribution in [-0.2, 0) is 0 Å². The number of hydrogen-bond donors (Lipinski definition) is 1. The summed E-state index contributed by atoms with van der Waals surface area (Å²) in [5, 5.41) is 10.1. The number of hydrogen-bond acceptors (Lipinski definition) is 3. The van der Waals surface area contributed by atoms with Gasteiger partial charge in [0, 0.05) is 17.7 Å². The number of aromatic hydroxyl groups is 1. The first-order valence-corrected chi connectivity index (χ1v) is 6.83. The first-order valence-electron chi connectivity index (χ1n) is 6.83. The quantitative estimate of drug-likeness (QED) is 0.891. The minimum atomic E-state index is 0.272. The van der Waals surface area contributed by atoms with Gasteiger partial charge in [0.2, 0.25) is 0 Å². The highest BCUT2D eigenvalue weighted by Gasteiger charge is 2.19. The van der Waals surface area contributed by atoms with Gasteiger partial charge in [-0.05, 0) is 38.9 Å². The van der Waals surface area contributed by atoms with Crippen LogP contribution < -0.4 is 4.74 Å². The largest absolute Gasteiger partial charge is 0.507 e. The second-order valence-corrected chi connectivity index (χ2v) is 5.05. The molecule has 18 heavy (non-hydrogen) atoms. The lowest BCUT2D eigenvalue weighted by Crippen LogP contribution is -2.27. The molecule has 1 aliphatic heterocycles. The maximum absolute atomic E-state index is 10.1. The van der Waals surface area contributed by atoms with E-state index in [-0.39, 0.29) is 6.04 Å². The summed E-state index contributed by atoms with van der Waals surface area (Å²) in [5.41, 5.74) is 0.998. The van der Waals surface area contributed by atoms with Crippen molar-refractivity contribution in [1.29, 1.82) is 0 Å². The summed E-state index contributed by atoms with van der Waals surface area (Å²) < 4.78 is 5.12. The van der Waals surface area contributed by atoms with E-state index in [1.54, 1.807) is 13.2 Å². The smallest absolute Gasteiger partial charge is 0.124 e. The zero-order chi connectivity index (χ0) is 13.0. The lowest BCUT2D eigenvalue weighted by atomic mass is 10.1. The molecule has 0 bridgehead atoms. The van der Waals surface area contributed by atoms with Crippen molar-refractivity contribution in [2.24, 2.45) is 0 Å². The first kappa shape index (κ1) is 13.2. The molecule has 1 aliphatic rings. The number of phenolic OH excluding ortho intramolecular Hbond substituents is 1. The molecular formula is C15H23NO2. The highest BCUT2D eigenvalue weighted by Crippen LogP contribution is 2.32. The maximum atomic E-state index is 10.1. The Morgan fingerprint density at radius 1 is 1.17 bits per heavy atom. The van der Waals surface area contributed by atoms with Crippen molar-refractivity contribution in [3.8, 4) is 11.5 Å². The number of rotatable bonds is 3. The number of nitrogens with zero attached hydrogens (tertiary/aromatic N) is 1. The second kappa shape index (κ2) is 6.10. The summed E-state index contributed by atoms with van der Waals surface area (Å²) in [6, 6.07) is 5.87. The number of phenols is 1. The Bertz CT molecular complexity index is 384. The van der Waals surface area contributed by atoms with Gasteiger partial charge in [-0.25, -0.2) is 0 Å². The SMILES string of the molecule is COc1ccc(C(C)N2CCCCCC2)c(O)c1. The Kier molecular flexibility index (Phi) is 4.48. The van der Waals surface area contributed by atoms with Gasteiger partial charge in [-0.1, -0.05) is 18.9 Å². The Hall–Kier alpha value is -1.22. The van der Waals surface area contributed by atoms with E-state index >= 15 is 0 Å². The molecule has 0 aromatic heterocycles. The van der Waals surface area contributed by atoms with Gasteiger partial charge in [0.15, 0.2) is 0 Å². The van der Waals surface area contributed by atoms with Gasteiger partial charge in [0.1, 0.15) is 11.5 Å². The summed E-state index contributed by atoms with van der Waals surface area (Å²) in [4.78, 5) is 2.47. The summed E-state index contributed by atoms with van der Waals surface area (Å²) in [5.74, 6) is 1.05. The van der Waals surface area contributed by atoms with Crippen LogP contribution >= 0.6 is 0 Å². The van der Waals surface area contributed by atoms with Crippen LogP contribution in [0.5, 0.6) is 11.5 Å². The average Bonchev–Trinajstić information content (AvgIpc) is 2.66. The first-order chi connectivity index (χ1) is 8.72. The third-order valence-corrected chi connectivity index (χ3v) is 3.88. The zero-order valence-corrected chi connectivity index (χ0v) is 11.4. The fourth-order valence-electron chi connectivity index (χ4n) is 2.68. The van der Waals surface area contributed by atoms with Crippen molar-refractivity contribution in [3.05, 3.63) is 23.8 Å². The van der Waals surface area contributed by atoms with Crippen LogP contribution in [0.1, 0.15) is 44.2 Å². The molecule has 1 heterocycles. The van der Waals surface area contributed by atoms with E-state index in [0.717, 1.165) is 18.7 Å². The van der Waals surface area contributed by atoms with Crippen LogP contribution in [-0.4, -0.2) is 30.2 Å². The van der Waals surface area contributed by atoms with Gasteiger partial charge in [0.05, 0.1) is 7.11 Å². The van der Waals surface area contributed by atoms with Gasteiger partial charge >= 0.3 is 0 Å². The highest BCUT2D eigenvalue weighted by molar-refractivity contribution is 5.41. The van der Waals surface area contributed by atoms with Crippen molar-refractivity contribution in [2.75, 3.05) is 20.2 Å². The lowest BCUT2D eigenvalue weighted by Gasteiger charge is -2.28. The zero-order valence-electron chi connectivity index (χ0n) is 11.4. The molecule has 2 rings (SSSR count). The van der Waals surface area contributed by atoms with E-state index < -0.39 is 0 Å². The molecule has 3 nitrogen and oxygen atoms in total. The van der Waals surface area contributed by atoms with E-state index in [0.29, 0.717) is 11.5 Å². The predicted molar refractivity (Wildman–Crippen MR) is 73.1 cm³/mol. The summed E-state index contributed by atoms with van der Waals surface area (Å²) in [6.07, 6.45) is 5.19. The van der Waals surface area contributed by atoms with E-state index in [4.69, 9.17) is 4.74 Å². The standard InChI is InChI=1S/C15H23NO2/c1-12(16-9-5-3-4-6-10-16)14-8-7-13(18-2)11-15(14)17/h7-8,11-12,17H,3-6,9-10H2,1-2H3. The summed E-state index contributed by atoms with van der Waals surface area (Å²) in [6.45, 7) is 4.44. The molecule has 1 fully saturated rings. The van der Waals surface area contributed by atoms with Gasteiger partial charge in [0.25, 0.3) is 0 Å². The third kappa shape index (κ3) is 2.96. The van der Waals surface area contributed by atoms with Crippen molar-refractivity contribution in [2.45, 2.75) is 38.6 Å². The fourth-order valence-corrected chi connectivity index (χ4v) is 2.68. The highest BCUT2D eigenvalue weighted by atomic mass is 16.5. The molecule has 1 unspecified atom stereocenters. The van der Waals surface area contributed by atoms with E-state index in [9.17, 15) is 5.11 Å². The molecule has 0 amide bonds. The van der Waals surface area contributed by atoms with Crippen molar-refractivity contribution >= 4 is 0 Å². The van der Waals surface area contributed by atoms with Gasteiger partial charge < -0.3 is 9.84 Å². The monoisotopic (exact) mass is 249 g/mol. The lowest BCUT2D eigenvalue weighted by molar-refractivity contribution is 0.215. The van der Waals surface area contributed by atoms with Crippen LogP contribution in [0.25, 0.3) is 0 Å². The van der Waals surface area contributed by atoms with Crippen LogP contribution in [0, 0.1) is 0 Å². The number of ether oxygens (including phenoxy) is 1. The molecular weight excluding hydrogens is 226 g/mol. The number of likely N-dealkylation sites (tertiary alicyclic amines) is 1. The second-order valence-electron chi connectivity index (χ2n) is 5.05. The van der Waals surface area contributed by atoms with Crippen molar-refractivity contribution in [3.63, 3.8) is 0 Å². The van der Waals surface area contributed by atoms with Crippen LogP contribution in [0.15, 0.2) is 18.2 Å². The molecule has 1 saturated heterocycles. The van der Waals surface area contributed by atoms with E-state index in [1.165, 1.54) is 25.7 Å². The average molecular weight is 249 g/mol. The van der Waals surface area contributed by atoms with Crippen molar-refractivity contribution in [1.82, 2.24) is 4.90 Å². The molecule has 100 valence electrons. The molecule has 1 N–H and O–H groups in total. The Morgan fingerprint density at radius 3 is 2.39 bits per heavy atom. The van der Waals surface area contributed by atoms with Crippen molar-refractivity contribution < 1.29 is 9.84 Å². The number of methoxy groups -OCH3 is 1. The Labute approximate surface area is 109 Å². The predicted octanol–water partition coefficient (Wildman–Crippen LogP) is 3.34. The maximum Gasteiger partial charge on any atom is 0.124 e. The van der Waals surface area contributed by atoms with Crippen LogP contribution in [0.4, 0.5) is 0 Å². The fraction of sp³-hybridized carbons (Fsp3) is 0.600. The summed E-state index contributed by atoms with van der Waals surface area (Å²) >= 11 is 0. The van der Waals surface area contributed by atoms with Gasteiger partial charge in [-0.15, -0.1) is 0 Å². The topological polar surface area (TPSA) is 32.7 Å². The normalized spacial score (nSPS) is 19.2. The minimum absolute atomic E-state index is 0.272. The molecule has 1 aromatic carbocycles. The number of benzene rings is 1. The minimum Gasteiger partial charge on any atom is -0.507 e. The molecule has 1 atom stereocenters. The molecule has 1 aromatic rings. The third-order valence-electron chi connectivity index (χ3n) is 3.88. The Morgan fingerprint density at radius 2 is 1.83 bits per heavy atom. The molecule has 0 aliphatic carbocycles. The molecule has 0 saturated carbocycles. The van der Waals surface area contributed by atoms with E-state index in [2.05, 4.69) is 11.8 Å². The van der Waals surface area contributed by atoms with Crippen LogP contribution in [0.2, 0.25) is 0 Å². The molecule has 0 spiro atoms. The molecule has 3 heteroatoms. The van der Waals surface area contributed by atoms with Gasteiger partial charge in [-0.3, -0.25) is 4.90 Å².